The van der Waals surface area contributed by atoms with E-state index in [0.717, 1.165) is 29.9 Å². The van der Waals surface area contributed by atoms with E-state index in [0.29, 0.717) is 13.1 Å². The van der Waals surface area contributed by atoms with Gasteiger partial charge in [0.1, 0.15) is 0 Å². The Morgan fingerprint density at radius 2 is 1.78 bits per heavy atom. The molecule has 27 heavy (non-hydrogen) atoms. The van der Waals surface area contributed by atoms with Gasteiger partial charge in [0.05, 0.1) is 17.9 Å². The Bertz CT molecular complexity index is 787. The predicted molar refractivity (Wildman–Crippen MR) is 106 cm³/mol. The first-order valence-corrected chi connectivity index (χ1v) is 9.58. The number of hydrogen-bond donors (Lipinski definition) is 1. The minimum atomic E-state index is 0.0816. The van der Waals surface area contributed by atoms with Crippen LogP contribution in [-0.2, 0) is 24.9 Å². The monoisotopic (exact) mass is 370 g/mol. The molecule has 0 saturated carbocycles. The Labute approximate surface area is 161 Å². The fourth-order valence-corrected chi connectivity index (χ4v) is 3.70. The number of nitrogens with zero attached hydrogens (tertiary/aromatic N) is 3. The molecule has 0 radical (unpaired) electrons. The van der Waals surface area contributed by atoms with Crippen LogP contribution in [0.25, 0.3) is 0 Å². The average molecular weight is 370 g/mol. The van der Waals surface area contributed by atoms with Crippen LogP contribution in [0.1, 0.15) is 46.7 Å². The summed E-state index contributed by atoms with van der Waals surface area (Å²) in [7, 11) is 1.97. The van der Waals surface area contributed by atoms with E-state index in [1.54, 1.807) is 0 Å². The first-order chi connectivity index (χ1) is 12.8. The van der Waals surface area contributed by atoms with Crippen molar-refractivity contribution in [2.24, 2.45) is 7.05 Å². The second kappa shape index (κ2) is 8.23. The number of aromatic nitrogens is 2. The zero-order chi connectivity index (χ0) is 19.6. The molecule has 2 atom stereocenters. The number of amides is 1. The van der Waals surface area contributed by atoms with Crippen molar-refractivity contribution in [1.82, 2.24) is 20.0 Å². The number of hydrogen-bond acceptors (Lipinski definition) is 4. The van der Waals surface area contributed by atoms with Gasteiger partial charge in [-0.1, -0.05) is 12.1 Å². The Balaban J connectivity index is 1.56. The molecule has 2 aromatic rings. The van der Waals surface area contributed by atoms with Crippen molar-refractivity contribution < 1.29 is 9.53 Å². The number of carbonyl (C=O) groups is 1. The van der Waals surface area contributed by atoms with E-state index in [2.05, 4.69) is 17.3 Å². The summed E-state index contributed by atoms with van der Waals surface area (Å²) < 4.78 is 7.63. The van der Waals surface area contributed by atoms with Crippen LogP contribution in [0.5, 0.6) is 0 Å². The van der Waals surface area contributed by atoms with Crippen molar-refractivity contribution in [1.29, 1.82) is 0 Å². The molecule has 1 aromatic carbocycles. The molecule has 1 aliphatic rings. The predicted octanol–water partition coefficient (Wildman–Crippen LogP) is 2.58. The molecule has 1 saturated heterocycles. The molecule has 1 aromatic heterocycles. The van der Waals surface area contributed by atoms with E-state index in [9.17, 15) is 4.79 Å². The highest BCUT2D eigenvalue weighted by molar-refractivity contribution is 5.94. The van der Waals surface area contributed by atoms with Crippen molar-refractivity contribution in [3.63, 3.8) is 0 Å². The molecule has 1 aliphatic heterocycles. The lowest BCUT2D eigenvalue weighted by Crippen LogP contribution is -2.48. The van der Waals surface area contributed by atoms with Crippen molar-refractivity contribution >= 4 is 5.91 Å². The smallest absolute Gasteiger partial charge is 0.254 e. The van der Waals surface area contributed by atoms with Gasteiger partial charge in [0, 0.05) is 50.0 Å². The van der Waals surface area contributed by atoms with Crippen molar-refractivity contribution in [3.8, 4) is 0 Å². The largest absolute Gasteiger partial charge is 0.372 e. The van der Waals surface area contributed by atoms with Crippen LogP contribution in [0, 0.1) is 13.8 Å². The summed E-state index contributed by atoms with van der Waals surface area (Å²) in [5.41, 5.74) is 5.40. The molecule has 146 valence electrons. The third-order valence-corrected chi connectivity index (χ3v) is 5.20. The lowest BCUT2D eigenvalue weighted by atomic mass is 10.1. The molecule has 6 nitrogen and oxygen atoms in total. The summed E-state index contributed by atoms with van der Waals surface area (Å²) >= 11 is 0. The van der Waals surface area contributed by atoms with Gasteiger partial charge in [-0.05, 0) is 45.4 Å². The molecule has 1 fully saturated rings. The van der Waals surface area contributed by atoms with Crippen LogP contribution < -0.4 is 5.32 Å². The normalized spacial score (nSPS) is 20.1. The number of rotatable bonds is 5. The lowest BCUT2D eigenvalue weighted by molar-refractivity contribution is -0.0586. The van der Waals surface area contributed by atoms with Gasteiger partial charge in [0.15, 0.2) is 0 Å². The molecule has 1 amide bonds. The number of morpholine rings is 1. The van der Waals surface area contributed by atoms with E-state index in [4.69, 9.17) is 4.74 Å². The van der Waals surface area contributed by atoms with Gasteiger partial charge in [-0.3, -0.25) is 9.48 Å². The maximum absolute atomic E-state index is 12.7. The van der Waals surface area contributed by atoms with Crippen LogP contribution in [0.15, 0.2) is 24.3 Å². The molecular weight excluding hydrogens is 340 g/mol. The molecule has 0 spiro atoms. The first-order valence-electron chi connectivity index (χ1n) is 9.58. The summed E-state index contributed by atoms with van der Waals surface area (Å²) in [6.07, 6.45) is 0.168. The number of aryl methyl sites for hydroxylation is 2. The summed E-state index contributed by atoms with van der Waals surface area (Å²) in [4.78, 5) is 14.6. The van der Waals surface area contributed by atoms with Crippen molar-refractivity contribution in [3.05, 3.63) is 52.3 Å². The number of nitrogens with one attached hydrogen (secondary N) is 1. The van der Waals surface area contributed by atoms with Crippen molar-refractivity contribution in [2.75, 3.05) is 13.1 Å². The quantitative estimate of drug-likeness (QED) is 0.879. The van der Waals surface area contributed by atoms with E-state index in [1.165, 1.54) is 11.3 Å². The molecular formula is C21H30N4O2. The Kier molecular flexibility index (Phi) is 5.97. The summed E-state index contributed by atoms with van der Waals surface area (Å²) in [6.45, 7) is 11.0. The molecule has 0 unspecified atom stereocenters. The minimum absolute atomic E-state index is 0.0816. The van der Waals surface area contributed by atoms with Crippen LogP contribution >= 0.6 is 0 Å². The molecule has 6 heteroatoms. The zero-order valence-electron chi connectivity index (χ0n) is 17.0. The van der Waals surface area contributed by atoms with Crippen LogP contribution in [0.4, 0.5) is 0 Å². The van der Waals surface area contributed by atoms with E-state index in [1.807, 2.05) is 61.7 Å². The van der Waals surface area contributed by atoms with Gasteiger partial charge < -0.3 is 15.0 Å². The van der Waals surface area contributed by atoms with Crippen molar-refractivity contribution in [2.45, 2.75) is 53.0 Å². The molecule has 0 aliphatic carbocycles. The van der Waals surface area contributed by atoms with E-state index in [-0.39, 0.29) is 18.1 Å². The van der Waals surface area contributed by atoms with Crippen LogP contribution in [-0.4, -0.2) is 45.9 Å². The third kappa shape index (κ3) is 4.57. The summed E-state index contributed by atoms with van der Waals surface area (Å²) in [5.74, 6) is 0.0816. The zero-order valence-corrected chi connectivity index (χ0v) is 17.0. The van der Waals surface area contributed by atoms with Crippen LogP contribution in [0.3, 0.4) is 0 Å². The number of ether oxygens (including phenoxy) is 1. The fourth-order valence-electron chi connectivity index (χ4n) is 3.70. The van der Waals surface area contributed by atoms with E-state index >= 15 is 0 Å². The molecule has 2 heterocycles. The second-order valence-electron chi connectivity index (χ2n) is 7.54. The third-order valence-electron chi connectivity index (χ3n) is 5.20. The second-order valence-corrected chi connectivity index (χ2v) is 7.54. The Morgan fingerprint density at radius 1 is 1.15 bits per heavy atom. The highest BCUT2D eigenvalue weighted by Gasteiger charge is 2.26. The maximum Gasteiger partial charge on any atom is 0.254 e. The topological polar surface area (TPSA) is 59.4 Å². The Hall–Kier alpha value is -2.18. The maximum atomic E-state index is 12.7. The molecule has 3 rings (SSSR count). The summed E-state index contributed by atoms with van der Waals surface area (Å²) in [6, 6.07) is 7.89. The fraction of sp³-hybridized carbons (Fsp3) is 0.524. The highest BCUT2D eigenvalue weighted by atomic mass is 16.5. The number of carbonyl (C=O) groups excluding carboxylic acids is 1. The van der Waals surface area contributed by atoms with Gasteiger partial charge in [-0.15, -0.1) is 0 Å². The van der Waals surface area contributed by atoms with Gasteiger partial charge in [-0.25, -0.2) is 0 Å². The summed E-state index contributed by atoms with van der Waals surface area (Å²) in [5, 5.41) is 7.92. The molecule has 1 N–H and O–H groups in total. The Morgan fingerprint density at radius 3 is 2.33 bits per heavy atom. The van der Waals surface area contributed by atoms with Gasteiger partial charge >= 0.3 is 0 Å². The standard InChI is InChI=1S/C21H30N4O2/c1-14-12-25(13-15(2)27-14)21(26)19-8-6-18(7-9-19)10-22-11-20-16(3)23-24(5)17(20)4/h6-9,14-15,22H,10-13H2,1-5H3/t14-,15+. The lowest BCUT2D eigenvalue weighted by Gasteiger charge is -2.35. The average Bonchev–Trinajstić information content (AvgIpc) is 2.87. The minimum Gasteiger partial charge on any atom is -0.372 e. The molecule has 0 bridgehead atoms. The van der Waals surface area contributed by atoms with Crippen LogP contribution in [0.2, 0.25) is 0 Å². The first kappa shape index (κ1) is 19.6. The van der Waals surface area contributed by atoms with Gasteiger partial charge in [0.25, 0.3) is 5.91 Å². The SMILES string of the molecule is Cc1nn(C)c(C)c1CNCc1ccc(C(=O)N2C[C@@H](C)O[C@@H](C)C2)cc1. The van der Waals surface area contributed by atoms with E-state index < -0.39 is 0 Å². The number of benzene rings is 1. The highest BCUT2D eigenvalue weighted by Crippen LogP contribution is 2.15. The van der Waals surface area contributed by atoms with Gasteiger partial charge in [0.2, 0.25) is 0 Å². The van der Waals surface area contributed by atoms with Gasteiger partial charge in [-0.2, -0.15) is 5.10 Å².